The van der Waals surface area contributed by atoms with Crippen molar-refractivity contribution in [3.05, 3.63) is 5.56 Å². The number of fused-ring (bicyclic) bond motifs is 2. The van der Waals surface area contributed by atoms with Crippen molar-refractivity contribution in [1.82, 2.24) is 9.69 Å². The van der Waals surface area contributed by atoms with Crippen molar-refractivity contribution in [3.8, 4) is 0 Å². The standard InChI is InChI=1S/C11H16N4O2S/c1-13-10(16)8-9(12)14-18-11(8)15-4-6-2-3-7(5-15)17-6/h6-7H,2-5H2,1H3,(H2,12,14)(H,13,16). The third-order valence-electron chi connectivity index (χ3n) is 3.49. The van der Waals surface area contributed by atoms with Gasteiger partial charge in [-0.2, -0.15) is 4.37 Å². The van der Waals surface area contributed by atoms with Crippen LogP contribution in [-0.4, -0.2) is 42.6 Å². The van der Waals surface area contributed by atoms with Crippen LogP contribution in [0.3, 0.4) is 0 Å². The van der Waals surface area contributed by atoms with Crippen LogP contribution in [0.2, 0.25) is 0 Å². The van der Waals surface area contributed by atoms with Gasteiger partial charge in [0.1, 0.15) is 10.6 Å². The number of aromatic nitrogens is 1. The summed E-state index contributed by atoms with van der Waals surface area (Å²) in [5.74, 6) is 0.142. The smallest absolute Gasteiger partial charge is 0.257 e. The quantitative estimate of drug-likeness (QED) is 0.814. The Morgan fingerprint density at radius 2 is 2.17 bits per heavy atom. The molecule has 1 amide bonds. The number of hydrogen-bond donors (Lipinski definition) is 2. The Bertz CT molecular complexity index is 464. The van der Waals surface area contributed by atoms with E-state index in [1.807, 2.05) is 0 Å². The highest BCUT2D eigenvalue weighted by Crippen LogP contribution is 2.35. The molecule has 2 fully saturated rings. The number of carbonyl (C=O) groups is 1. The van der Waals surface area contributed by atoms with Gasteiger partial charge >= 0.3 is 0 Å². The minimum absolute atomic E-state index is 0.171. The molecule has 3 rings (SSSR count). The molecule has 2 saturated heterocycles. The Hall–Kier alpha value is -1.34. The molecule has 0 saturated carbocycles. The second-order valence-electron chi connectivity index (χ2n) is 4.69. The predicted molar refractivity (Wildman–Crippen MR) is 70.0 cm³/mol. The third kappa shape index (κ3) is 1.83. The van der Waals surface area contributed by atoms with E-state index in [1.54, 1.807) is 7.05 Å². The molecule has 18 heavy (non-hydrogen) atoms. The van der Waals surface area contributed by atoms with E-state index in [9.17, 15) is 4.79 Å². The van der Waals surface area contributed by atoms with Crippen LogP contribution in [0.4, 0.5) is 10.8 Å². The molecule has 3 N–H and O–H groups in total. The molecule has 2 unspecified atom stereocenters. The summed E-state index contributed by atoms with van der Waals surface area (Å²) in [6.07, 6.45) is 2.77. The van der Waals surface area contributed by atoms with E-state index in [1.165, 1.54) is 11.5 Å². The van der Waals surface area contributed by atoms with Gasteiger partial charge in [0, 0.05) is 20.1 Å². The molecular formula is C11H16N4O2S. The van der Waals surface area contributed by atoms with E-state index in [4.69, 9.17) is 10.5 Å². The molecule has 6 nitrogen and oxygen atoms in total. The van der Waals surface area contributed by atoms with Crippen LogP contribution in [0.1, 0.15) is 23.2 Å². The first-order valence-corrected chi connectivity index (χ1v) is 6.84. The minimum Gasteiger partial charge on any atom is -0.382 e. The van der Waals surface area contributed by atoms with Crippen molar-refractivity contribution in [1.29, 1.82) is 0 Å². The molecule has 0 spiro atoms. The van der Waals surface area contributed by atoms with E-state index in [0.717, 1.165) is 30.9 Å². The number of nitrogens with two attached hydrogens (primary N) is 1. The summed E-state index contributed by atoms with van der Waals surface area (Å²) in [6.45, 7) is 1.64. The molecule has 2 bridgehead atoms. The first-order valence-electron chi connectivity index (χ1n) is 6.06. The molecule has 0 aliphatic carbocycles. The molecule has 3 heterocycles. The Morgan fingerprint density at radius 3 is 2.78 bits per heavy atom. The van der Waals surface area contributed by atoms with E-state index in [2.05, 4.69) is 14.6 Å². The van der Waals surface area contributed by atoms with Crippen LogP contribution >= 0.6 is 11.5 Å². The second-order valence-corrected chi connectivity index (χ2v) is 5.44. The lowest BCUT2D eigenvalue weighted by Crippen LogP contribution is -2.43. The highest BCUT2D eigenvalue weighted by atomic mass is 32.1. The molecule has 2 aliphatic rings. The zero-order valence-corrected chi connectivity index (χ0v) is 11.0. The van der Waals surface area contributed by atoms with Gasteiger partial charge in [0.2, 0.25) is 0 Å². The molecule has 1 aromatic heterocycles. The van der Waals surface area contributed by atoms with Crippen LogP contribution in [0.25, 0.3) is 0 Å². The lowest BCUT2D eigenvalue weighted by atomic mass is 10.2. The van der Waals surface area contributed by atoms with Crippen molar-refractivity contribution >= 4 is 28.3 Å². The maximum Gasteiger partial charge on any atom is 0.257 e. The van der Waals surface area contributed by atoms with Crippen molar-refractivity contribution in [2.75, 3.05) is 30.8 Å². The molecule has 7 heteroatoms. The van der Waals surface area contributed by atoms with E-state index < -0.39 is 0 Å². The number of nitrogen functional groups attached to an aromatic ring is 1. The van der Waals surface area contributed by atoms with Gasteiger partial charge in [-0.3, -0.25) is 4.79 Å². The predicted octanol–water partition coefficient (Wildman–Crippen LogP) is 0.452. The Balaban J connectivity index is 1.90. The third-order valence-corrected chi connectivity index (χ3v) is 4.41. The average Bonchev–Trinajstić information content (AvgIpc) is 2.91. The molecule has 0 aromatic carbocycles. The number of nitrogens with one attached hydrogen (secondary N) is 1. The van der Waals surface area contributed by atoms with Gasteiger partial charge in [-0.15, -0.1) is 0 Å². The Morgan fingerprint density at radius 1 is 1.50 bits per heavy atom. The maximum absolute atomic E-state index is 11.9. The minimum atomic E-state index is -0.171. The fraction of sp³-hybridized carbons (Fsp3) is 0.636. The summed E-state index contributed by atoms with van der Waals surface area (Å²) in [5.41, 5.74) is 6.29. The largest absolute Gasteiger partial charge is 0.382 e. The van der Waals surface area contributed by atoms with Crippen LogP contribution in [0.15, 0.2) is 0 Å². The second kappa shape index (κ2) is 4.40. The van der Waals surface area contributed by atoms with Crippen molar-refractivity contribution in [3.63, 3.8) is 0 Å². The van der Waals surface area contributed by atoms with Gasteiger partial charge in [-0.1, -0.05) is 0 Å². The lowest BCUT2D eigenvalue weighted by Gasteiger charge is -2.32. The highest BCUT2D eigenvalue weighted by molar-refractivity contribution is 7.11. The van der Waals surface area contributed by atoms with Gasteiger partial charge in [0.25, 0.3) is 5.91 Å². The summed E-state index contributed by atoms with van der Waals surface area (Å²) in [7, 11) is 1.60. The SMILES string of the molecule is CNC(=O)c1c(N)nsc1N1CC2CCC(C1)O2. The first kappa shape index (κ1) is 11.7. The molecule has 0 radical (unpaired) electrons. The number of hydrogen-bond acceptors (Lipinski definition) is 6. The summed E-state index contributed by atoms with van der Waals surface area (Å²) in [6, 6.07) is 0. The zero-order valence-electron chi connectivity index (χ0n) is 10.2. The number of carbonyl (C=O) groups excluding carboxylic acids is 1. The highest BCUT2D eigenvalue weighted by Gasteiger charge is 2.36. The Labute approximate surface area is 109 Å². The average molecular weight is 268 g/mol. The summed E-state index contributed by atoms with van der Waals surface area (Å²) < 4.78 is 9.90. The summed E-state index contributed by atoms with van der Waals surface area (Å²) in [5, 5.41) is 3.48. The normalized spacial score (nSPS) is 26.4. The summed E-state index contributed by atoms with van der Waals surface area (Å²) in [4.78, 5) is 14.0. The molecule has 2 aliphatic heterocycles. The van der Waals surface area contributed by atoms with Crippen LogP contribution in [-0.2, 0) is 4.74 Å². The zero-order chi connectivity index (χ0) is 12.7. The number of ether oxygens (including phenoxy) is 1. The molecule has 1 aromatic rings. The first-order chi connectivity index (χ1) is 8.69. The number of morpholine rings is 1. The maximum atomic E-state index is 11.9. The van der Waals surface area contributed by atoms with Crippen molar-refractivity contribution < 1.29 is 9.53 Å². The summed E-state index contributed by atoms with van der Waals surface area (Å²) >= 11 is 1.29. The van der Waals surface area contributed by atoms with Crippen LogP contribution in [0, 0.1) is 0 Å². The van der Waals surface area contributed by atoms with Crippen LogP contribution in [0.5, 0.6) is 0 Å². The fourth-order valence-electron chi connectivity index (χ4n) is 2.63. The van der Waals surface area contributed by atoms with E-state index in [0.29, 0.717) is 11.4 Å². The number of amides is 1. The lowest BCUT2D eigenvalue weighted by molar-refractivity contribution is 0.0306. The molecule has 98 valence electrons. The van der Waals surface area contributed by atoms with Crippen LogP contribution < -0.4 is 16.0 Å². The van der Waals surface area contributed by atoms with Gasteiger partial charge in [0.15, 0.2) is 5.82 Å². The number of rotatable bonds is 2. The van der Waals surface area contributed by atoms with E-state index >= 15 is 0 Å². The topological polar surface area (TPSA) is 80.5 Å². The van der Waals surface area contributed by atoms with Crippen molar-refractivity contribution in [2.45, 2.75) is 25.0 Å². The number of anilines is 2. The van der Waals surface area contributed by atoms with E-state index in [-0.39, 0.29) is 18.1 Å². The Kier molecular flexibility index (Phi) is 2.87. The van der Waals surface area contributed by atoms with Gasteiger partial charge in [0.05, 0.1) is 12.2 Å². The van der Waals surface area contributed by atoms with Crippen molar-refractivity contribution in [2.24, 2.45) is 0 Å². The number of nitrogens with zero attached hydrogens (tertiary/aromatic N) is 2. The van der Waals surface area contributed by atoms with Gasteiger partial charge in [-0.05, 0) is 24.4 Å². The van der Waals surface area contributed by atoms with Gasteiger partial charge in [-0.25, -0.2) is 0 Å². The fourth-order valence-corrected chi connectivity index (χ4v) is 3.46. The molecule has 2 atom stereocenters. The molecular weight excluding hydrogens is 252 g/mol. The van der Waals surface area contributed by atoms with Gasteiger partial charge < -0.3 is 20.7 Å². The monoisotopic (exact) mass is 268 g/mol.